The molecule has 13 heavy (non-hydrogen) atoms. The largest absolute Gasteiger partial charge is 0.338 e. The van der Waals surface area contributed by atoms with Crippen LogP contribution in [-0.2, 0) is 27.8 Å². The van der Waals surface area contributed by atoms with Crippen LogP contribution in [0.25, 0.3) is 0 Å². The number of allylic oxidation sites excluding steroid dienone is 1. The monoisotopic (exact) mass is 293 g/mol. The van der Waals surface area contributed by atoms with Crippen molar-refractivity contribution in [2.75, 3.05) is 0 Å². The summed E-state index contributed by atoms with van der Waals surface area (Å²) in [7, 11) is 0. The molecule has 77 valence electrons. The second-order valence-corrected chi connectivity index (χ2v) is 18.0. The Morgan fingerprint density at radius 3 is 1.85 bits per heavy atom. The van der Waals surface area contributed by atoms with Crippen molar-refractivity contribution in [3.63, 3.8) is 0 Å². The number of rotatable bonds is 4. The van der Waals surface area contributed by atoms with Crippen molar-refractivity contribution < 1.29 is 25.7 Å². The molecule has 0 atom stereocenters. The van der Waals surface area contributed by atoms with E-state index in [0.29, 0.717) is 0 Å². The third kappa shape index (κ3) is 24.6. The number of thiol groups is 1. The van der Waals surface area contributed by atoms with Gasteiger partial charge < -0.3 is 9.79 Å². The smallest absolute Gasteiger partial charge is 0.239 e. The summed E-state index contributed by atoms with van der Waals surface area (Å²) < 4.78 is 0. The van der Waals surface area contributed by atoms with Gasteiger partial charge in [-0.15, -0.1) is 0 Å². The first-order chi connectivity index (χ1) is 5.85. The minimum absolute atomic E-state index is 0.906. The molecule has 0 aliphatic carbocycles. The van der Waals surface area contributed by atoms with Gasteiger partial charge in [-0.05, 0) is 11.8 Å². The fourth-order valence-electron chi connectivity index (χ4n) is 1.05. The molecule has 0 saturated carbocycles. The molecule has 0 bridgehead atoms. The van der Waals surface area contributed by atoms with Gasteiger partial charge in [-0.2, -0.15) is 0 Å². The molecule has 0 amide bonds. The van der Waals surface area contributed by atoms with Crippen LogP contribution in [0.2, 0.25) is 15.0 Å². The van der Waals surface area contributed by atoms with Crippen molar-refractivity contribution in [3.8, 4) is 0 Å². The van der Waals surface area contributed by atoms with E-state index in [1.807, 2.05) is 0 Å². The van der Waals surface area contributed by atoms with Gasteiger partial charge in [0.2, 0.25) is 5.69 Å². The zero-order chi connectivity index (χ0) is 10.9. The number of hydrogen-bond donors (Lipinski definition) is 3. The maximum atomic E-state index is 7.87. The van der Waals surface area contributed by atoms with Crippen molar-refractivity contribution in [3.05, 3.63) is 12.7 Å². The summed E-state index contributed by atoms with van der Waals surface area (Å²) in [6.07, 6.45) is 2.10. The summed E-state index contributed by atoms with van der Waals surface area (Å²) in [4.78, 5) is 15.7. The Labute approximate surface area is 96.7 Å². The van der Waals surface area contributed by atoms with E-state index in [9.17, 15) is 0 Å². The van der Waals surface area contributed by atoms with Crippen LogP contribution in [0.4, 0.5) is 0 Å². The molecule has 0 aliphatic heterocycles. The zero-order valence-corrected chi connectivity index (χ0v) is 13.9. The van der Waals surface area contributed by atoms with Crippen molar-refractivity contribution in [1.82, 2.24) is 0 Å². The fourth-order valence-corrected chi connectivity index (χ4v) is 5.46. The van der Waals surface area contributed by atoms with Crippen LogP contribution in [0.1, 0.15) is 13.8 Å². The molecule has 6 heteroatoms. The molecule has 0 aromatic heterocycles. The fraction of sp³-hybridized carbons (Fsp3) is 0.714. The maximum absolute atomic E-state index is 7.87. The molecule has 0 fully saturated rings. The van der Waals surface area contributed by atoms with Gasteiger partial charge in [-0.1, -0.05) is 12.2 Å². The molecule has 0 rings (SSSR count). The van der Waals surface area contributed by atoms with Gasteiger partial charge in [0.1, 0.15) is 0 Å². The summed E-state index contributed by atoms with van der Waals surface area (Å²) in [5.41, 5.74) is -3.11. The Morgan fingerprint density at radius 2 is 1.77 bits per heavy atom. The van der Waals surface area contributed by atoms with Crippen LogP contribution < -0.4 is 0 Å². The van der Waals surface area contributed by atoms with E-state index in [0.717, 1.165) is 0 Å². The quantitative estimate of drug-likeness (QED) is 0.323. The molecule has 0 spiro atoms. The first-order valence-electron chi connectivity index (χ1n) is 4.51. The summed E-state index contributed by atoms with van der Waals surface area (Å²) in [6.45, 7) is 8.40. The van der Waals surface area contributed by atoms with E-state index < -0.39 is 21.6 Å². The van der Waals surface area contributed by atoms with E-state index >= 15 is 0 Å². The standard InChI is InChI=1S/C3H5.2C2H5.H3O2PS2.Zn/c1-3-2;2*1-2;1-3(2,4)5;/h3H,1-2H2;2*1H2,2H3;(H3,1,2,4,5);. The average Bonchev–Trinajstić information content (AvgIpc) is 1.97. The maximum Gasteiger partial charge on any atom is 0.239 e. The Bertz CT molecular complexity index is 160. The Morgan fingerprint density at radius 1 is 1.46 bits per heavy atom. The van der Waals surface area contributed by atoms with Gasteiger partial charge >= 0.3 is 57.5 Å². The molecule has 0 saturated heterocycles. The van der Waals surface area contributed by atoms with Crippen LogP contribution >= 0.6 is 17.9 Å². The minimum atomic E-state index is -3.11. The molecule has 0 unspecified atom stereocenters. The second kappa shape index (κ2) is 9.82. The van der Waals surface area contributed by atoms with E-state index in [-0.39, 0.29) is 0 Å². The molecule has 0 radical (unpaired) electrons. The van der Waals surface area contributed by atoms with Gasteiger partial charge in [-0.3, -0.25) is 0 Å². The number of hydrogen-bond acceptors (Lipinski definition) is 1. The van der Waals surface area contributed by atoms with Gasteiger partial charge in [-0.25, -0.2) is 0 Å². The molecule has 2 nitrogen and oxygen atoms in total. The van der Waals surface area contributed by atoms with Crippen LogP contribution in [-0.4, -0.2) is 9.79 Å². The van der Waals surface area contributed by atoms with Crippen molar-refractivity contribution >= 4 is 29.7 Å². The summed E-state index contributed by atoms with van der Waals surface area (Å²) in [5, 5.41) is 4.40. The minimum Gasteiger partial charge on any atom is -0.338 e. The van der Waals surface area contributed by atoms with Gasteiger partial charge in [0, 0.05) is 0 Å². The molecular formula is C7H18O2PS2Zn. The molecular weight excluding hydrogens is 277 g/mol. The third-order valence-electron chi connectivity index (χ3n) is 2.03. The SMILES string of the molecule is C=C[CH2][Zn]([CH2]C)[CH2]C.OP(O)(=S)S. The van der Waals surface area contributed by atoms with Gasteiger partial charge in [0.05, 0.1) is 0 Å². The van der Waals surface area contributed by atoms with Crippen LogP contribution in [0, 0.1) is 0 Å². The molecule has 0 aromatic rings. The predicted octanol–water partition coefficient (Wildman–Crippen LogP) is 3.21. The van der Waals surface area contributed by atoms with E-state index in [1.165, 1.54) is 15.0 Å². The normalized spacial score (nSPS) is 9.92. The predicted molar refractivity (Wildman–Crippen MR) is 63.7 cm³/mol. The van der Waals surface area contributed by atoms with Crippen LogP contribution in [0.3, 0.4) is 0 Å². The van der Waals surface area contributed by atoms with Crippen molar-refractivity contribution in [2.45, 2.75) is 28.9 Å². The van der Waals surface area contributed by atoms with Gasteiger partial charge in [0.25, 0.3) is 0 Å². The van der Waals surface area contributed by atoms with E-state index in [4.69, 9.17) is 9.79 Å². The molecule has 0 aromatic carbocycles. The Hall–Kier alpha value is 1.28. The summed E-state index contributed by atoms with van der Waals surface area (Å²) >= 11 is 6.17. The zero-order valence-electron chi connectivity index (χ0n) is 8.31. The summed E-state index contributed by atoms with van der Waals surface area (Å²) in [6, 6.07) is 0. The Kier molecular flexibility index (Phi) is 12.6. The van der Waals surface area contributed by atoms with Crippen molar-refractivity contribution in [1.29, 1.82) is 0 Å². The average molecular weight is 295 g/mol. The third-order valence-corrected chi connectivity index (χ3v) is 10.5. The van der Waals surface area contributed by atoms with Gasteiger partial charge in [0.15, 0.2) is 0 Å². The molecule has 0 heterocycles. The summed E-state index contributed by atoms with van der Waals surface area (Å²) in [5.74, 6) is 0. The Balaban J connectivity index is 0. The van der Waals surface area contributed by atoms with Crippen LogP contribution in [0.5, 0.6) is 0 Å². The molecule has 2 N–H and O–H groups in total. The van der Waals surface area contributed by atoms with E-state index in [1.54, 1.807) is 0 Å². The first-order valence-corrected chi connectivity index (χ1v) is 14.7. The van der Waals surface area contributed by atoms with E-state index in [2.05, 4.69) is 50.6 Å². The molecule has 0 aliphatic rings. The topological polar surface area (TPSA) is 40.5 Å². The van der Waals surface area contributed by atoms with Crippen molar-refractivity contribution in [2.24, 2.45) is 0 Å². The van der Waals surface area contributed by atoms with Crippen LogP contribution in [0.15, 0.2) is 12.7 Å². The second-order valence-electron chi connectivity index (χ2n) is 3.15. The first kappa shape index (κ1) is 16.7.